The Morgan fingerprint density at radius 3 is 2.54 bits per heavy atom. The monoisotopic (exact) mass is 374 g/mol. The van der Waals surface area contributed by atoms with Crippen molar-refractivity contribution in [1.82, 2.24) is 4.90 Å². The van der Waals surface area contributed by atoms with E-state index < -0.39 is 0 Å². The lowest BCUT2D eigenvalue weighted by atomic mass is 10.1. The summed E-state index contributed by atoms with van der Waals surface area (Å²) in [5, 5.41) is 0. The largest absolute Gasteiger partial charge is 0.373 e. The third kappa shape index (κ3) is 4.56. The summed E-state index contributed by atoms with van der Waals surface area (Å²) in [5.41, 5.74) is 10.3. The summed E-state index contributed by atoms with van der Waals surface area (Å²) in [6, 6.07) is 16.2. The van der Waals surface area contributed by atoms with Crippen LogP contribution in [0.1, 0.15) is 16.7 Å². The van der Waals surface area contributed by atoms with E-state index in [9.17, 15) is 4.79 Å². The molecule has 0 aliphatic carbocycles. The summed E-state index contributed by atoms with van der Waals surface area (Å²) in [7, 11) is 3.75. The number of carbonyl (C=O) groups is 1. The van der Waals surface area contributed by atoms with Gasteiger partial charge in [0.2, 0.25) is 0 Å². The maximum atomic E-state index is 12.5. The molecule has 5 heteroatoms. The molecule has 0 spiro atoms. The molecule has 0 saturated carbocycles. The molecule has 28 heavy (non-hydrogen) atoms. The molecule has 2 aromatic carbocycles. The van der Waals surface area contributed by atoms with Gasteiger partial charge >= 0.3 is 0 Å². The first-order valence-corrected chi connectivity index (χ1v) is 9.32. The van der Waals surface area contributed by atoms with Crippen molar-refractivity contribution < 1.29 is 4.79 Å². The number of carbonyl (C=O) groups excluding carboxylic acids is 1. The molecule has 5 nitrogen and oxygen atoms in total. The smallest absolute Gasteiger partial charge is 0.277 e. The van der Waals surface area contributed by atoms with Crippen molar-refractivity contribution in [3.63, 3.8) is 0 Å². The van der Waals surface area contributed by atoms with E-state index in [0.29, 0.717) is 18.1 Å². The van der Waals surface area contributed by atoms with Gasteiger partial charge in [0.25, 0.3) is 5.91 Å². The Kier molecular flexibility index (Phi) is 6.06. The van der Waals surface area contributed by atoms with Crippen LogP contribution in [0.3, 0.4) is 0 Å². The molecule has 3 rings (SSSR count). The molecule has 1 amide bonds. The molecule has 0 radical (unpaired) electrons. The summed E-state index contributed by atoms with van der Waals surface area (Å²) < 4.78 is 0. The van der Waals surface area contributed by atoms with Crippen molar-refractivity contribution in [2.75, 3.05) is 32.1 Å². The van der Waals surface area contributed by atoms with Crippen LogP contribution in [0.5, 0.6) is 0 Å². The average Bonchev–Trinajstić information content (AvgIpc) is 2.95. The summed E-state index contributed by atoms with van der Waals surface area (Å²) in [6.07, 6.45) is 5.66. The lowest BCUT2D eigenvalue weighted by Gasteiger charge is -2.18. The molecule has 0 aromatic heterocycles. The lowest BCUT2D eigenvalue weighted by Crippen LogP contribution is -2.26. The quantitative estimate of drug-likeness (QED) is 0.789. The third-order valence-corrected chi connectivity index (χ3v) is 4.67. The summed E-state index contributed by atoms with van der Waals surface area (Å²) in [4.78, 5) is 20.7. The number of likely N-dealkylation sites (N-methyl/N-ethyl adjacent to an activating group) is 2. The maximum absolute atomic E-state index is 12.5. The molecule has 1 heterocycles. The Morgan fingerprint density at radius 2 is 1.86 bits per heavy atom. The van der Waals surface area contributed by atoms with Gasteiger partial charge in [-0.1, -0.05) is 48.0 Å². The van der Waals surface area contributed by atoms with Crippen molar-refractivity contribution in [3.05, 3.63) is 77.0 Å². The second-order valence-corrected chi connectivity index (χ2v) is 6.91. The van der Waals surface area contributed by atoms with Crippen LogP contribution in [-0.4, -0.2) is 43.8 Å². The highest BCUT2D eigenvalue weighted by molar-refractivity contribution is 6.18. The van der Waals surface area contributed by atoms with Gasteiger partial charge in [-0.2, -0.15) is 0 Å². The highest BCUT2D eigenvalue weighted by atomic mass is 16.2. The van der Waals surface area contributed by atoms with E-state index in [0.717, 1.165) is 23.4 Å². The highest BCUT2D eigenvalue weighted by Crippen LogP contribution is 2.20. The fraction of sp³-hybridized carbons (Fsp3) is 0.217. The highest BCUT2D eigenvalue weighted by Gasteiger charge is 2.25. The van der Waals surface area contributed by atoms with E-state index >= 15 is 0 Å². The van der Waals surface area contributed by atoms with Crippen LogP contribution >= 0.6 is 0 Å². The molecule has 2 aromatic rings. The molecular formula is C23H26N4O. The maximum Gasteiger partial charge on any atom is 0.277 e. The fourth-order valence-electron chi connectivity index (χ4n) is 3.02. The van der Waals surface area contributed by atoms with Gasteiger partial charge in [0.05, 0.1) is 0 Å². The molecule has 0 bridgehead atoms. The summed E-state index contributed by atoms with van der Waals surface area (Å²) in [5.74, 6) is 0.533. The third-order valence-electron chi connectivity index (χ3n) is 4.67. The Balaban J connectivity index is 1.79. The van der Waals surface area contributed by atoms with Crippen LogP contribution in [0, 0.1) is 6.92 Å². The second-order valence-electron chi connectivity index (χ2n) is 6.91. The molecule has 144 valence electrons. The molecule has 0 unspecified atom stereocenters. The number of amidine groups is 1. The van der Waals surface area contributed by atoms with E-state index in [4.69, 9.17) is 5.73 Å². The number of rotatable bonds is 6. The number of aryl methyl sites for hydroxylation is 1. The number of aliphatic imine (C=N–C) groups is 1. The number of amides is 1. The zero-order valence-electron chi connectivity index (χ0n) is 16.6. The average molecular weight is 374 g/mol. The van der Waals surface area contributed by atoms with Gasteiger partial charge in [-0.15, -0.1) is 0 Å². The normalized spacial score (nSPS) is 15.6. The number of anilines is 1. The van der Waals surface area contributed by atoms with Crippen molar-refractivity contribution in [2.45, 2.75) is 6.92 Å². The molecule has 1 aliphatic heterocycles. The molecule has 0 saturated heterocycles. The van der Waals surface area contributed by atoms with Gasteiger partial charge < -0.3 is 10.6 Å². The lowest BCUT2D eigenvalue weighted by molar-refractivity contribution is -0.121. The molecule has 2 N–H and O–H groups in total. The first-order chi connectivity index (χ1) is 13.5. The zero-order chi connectivity index (χ0) is 20.1. The minimum absolute atomic E-state index is 0.104. The fourth-order valence-corrected chi connectivity index (χ4v) is 3.02. The number of hydrogen-bond donors (Lipinski definition) is 1. The van der Waals surface area contributed by atoms with Crippen LogP contribution in [-0.2, 0) is 4.79 Å². The predicted octanol–water partition coefficient (Wildman–Crippen LogP) is 3.31. The molecule has 0 atom stereocenters. The van der Waals surface area contributed by atoms with Crippen LogP contribution in [0.25, 0.3) is 12.2 Å². The standard InChI is InChI=1S/C23H26N4O/c1-17-5-4-6-18(15-17)9-12-22-25-21(23(28)27(22)3)16-19-7-10-20(11-8-19)26(2)14-13-24/h4-12,15-16H,13-14,24H2,1-3H3/b12-9+,21-16-. The van der Waals surface area contributed by atoms with Crippen LogP contribution in [0.4, 0.5) is 5.69 Å². The number of nitrogens with zero attached hydrogens (tertiary/aromatic N) is 3. The second kappa shape index (κ2) is 8.67. The topological polar surface area (TPSA) is 61.9 Å². The van der Waals surface area contributed by atoms with Crippen molar-refractivity contribution in [3.8, 4) is 0 Å². The Hall–Kier alpha value is -3.18. The van der Waals surface area contributed by atoms with E-state index in [2.05, 4.69) is 28.9 Å². The SMILES string of the molecule is Cc1cccc(/C=C/C2=NC(=C\c3ccc(N(C)CCN)cc3)/C(=O)N2C)c1. The Bertz CT molecular complexity index is 941. The van der Waals surface area contributed by atoms with Gasteiger partial charge in [-0.25, -0.2) is 4.99 Å². The van der Waals surface area contributed by atoms with Gasteiger partial charge in [-0.3, -0.25) is 9.69 Å². The summed E-state index contributed by atoms with van der Waals surface area (Å²) in [6.45, 7) is 3.46. The van der Waals surface area contributed by atoms with E-state index in [1.807, 2.05) is 61.7 Å². The molecular weight excluding hydrogens is 348 g/mol. The van der Waals surface area contributed by atoms with E-state index in [1.54, 1.807) is 11.9 Å². The Morgan fingerprint density at radius 1 is 1.11 bits per heavy atom. The predicted molar refractivity (Wildman–Crippen MR) is 117 cm³/mol. The van der Waals surface area contributed by atoms with E-state index in [-0.39, 0.29) is 5.91 Å². The molecule has 1 aliphatic rings. The molecule has 0 fully saturated rings. The minimum Gasteiger partial charge on any atom is -0.373 e. The van der Waals surface area contributed by atoms with Crippen LogP contribution in [0.15, 0.2) is 65.3 Å². The van der Waals surface area contributed by atoms with Crippen molar-refractivity contribution >= 4 is 29.6 Å². The number of hydrogen-bond acceptors (Lipinski definition) is 4. The minimum atomic E-state index is -0.104. The van der Waals surface area contributed by atoms with Crippen molar-refractivity contribution in [1.29, 1.82) is 0 Å². The van der Waals surface area contributed by atoms with Gasteiger partial charge in [0.15, 0.2) is 0 Å². The van der Waals surface area contributed by atoms with Gasteiger partial charge in [0, 0.05) is 32.9 Å². The number of benzene rings is 2. The van der Waals surface area contributed by atoms with Crippen molar-refractivity contribution in [2.24, 2.45) is 10.7 Å². The Labute approximate surface area is 166 Å². The van der Waals surface area contributed by atoms with Crippen LogP contribution in [0.2, 0.25) is 0 Å². The van der Waals surface area contributed by atoms with Crippen LogP contribution < -0.4 is 10.6 Å². The zero-order valence-corrected chi connectivity index (χ0v) is 16.6. The summed E-state index contributed by atoms with van der Waals surface area (Å²) >= 11 is 0. The first-order valence-electron chi connectivity index (χ1n) is 9.32. The van der Waals surface area contributed by atoms with E-state index in [1.165, 1.54) is 5.56 Å². The number of nitrogens with two attached hydrogens (primary N) is 1. The first kappa shape index (κ1) is 19.6. The van der Waals surface area contributed by atoms with Gasteiger partial charge in [0.1, 0.15) is 11.5 Å². The van der Waals surface area contributed by atoms with Gasteiger partial charge in [-0.05, 0) is 42.3 Å².